The molecule has 0 saturated heterocycles. The SMILES string of the molecule is COc1ccc(C(=O)N2CCc3c(cccc3C(CC(=O)O)c3ccc(OC)cc3)C2)cc1. The molecule has 0 spiro atoms. The Morgan fingerprint density at radius 2 is 1.58 bits per heavy atom. The van der Waals surface area contributed by atoms with Crippen molar-refractivity contribution >= 4 is 11.9 Å². The molecule has 1 aliphatic heterocycles. The summed E-state index contributed by atoms with van der Waals surface area (Å²) in [6.45, 7) is 1.08. The lowest BCUT2D eigenvalue weighted by molar-refractivity contribution is -0.137. The zero-order valence-corrected chi connectivity index (χ0v) is 18.8. The van der Waals surface area contributed by atoms with Gasteiger partial charge < -0.3 is 19.5 Å². The summed E-state index contributed by atoms with van der Waals surface area (Å²) in [4.78, 5) is 26.6. The van der Waals surface area contributed by atoms with E-state index in [9.17, 15) is 14.7 Å². The van der Waals surface area contributed by atoms with Gasteiger partial charge in [-0.1, -0.05) is 30.3 Å². The molecule has 1 aliphatic rings. The molecular formula is C27H27NO5. The van der Waals surface area contributed by atoms with Crippen LogP contribution in [0, 0.1) is 0 Å². The summed E-state index contributed by atoms with van der Waals surface area (Å²) in [5.41, 5.74) is 4.76. The topological polar surface area (TPSA) is 76.1 Å². The van der Waals surface area contributed by atoms with Gasteiger partial charge in [-0.3, -0.25) is 9.59 Å². The smallest absolute Gasteiger partial charge is 0.304 e. The quantitative estimate of drug-likeness (QED) is 0.579. The summed E-state index contributed by atoms with van der Waals surface area (Å²) < 4.78 is 10.4. The Balaban J connectivity index is 1.62. The number of carboxylic acids is 1. The lowest BCUT2D eigenvalue weighted by Gasteiger charge is -2.32. The van der Waals surface area contributed by atoms with E-state index in [1.165, 1.54) is 0 Å². The number of ether oxygens (including phenoxy) is 2. The Morgan fingerprint density at radius 3 is 2.18 bits per heavy atom. The number of benzene rings is 3. The molecule has 4 rings (SSSR count). The van der Waals surface area contributed by atoms with E-state index in [1.54, 1.807) is 38.5 Å². The lowest BCUT2D eigenvalue weighted by Crippen LogP contribution is -2.36. The van der Waals surface area contributed by atoms with E-state index >= 15 is 0 Å². The Labute approximate surface area is 193 Å². The van der Waals surface area contributed by atoms with Crippen LogP contribution in [0.3, 0.4) is 0 Å². The van der Waals surface area contributed by atoms with Gasteiger partial charge in [0.15, 0.2) is 0 Å². The molecule has 1 unspecified atom stereocenters. The van der Waals surface area contributed by atoms with E-state index in [4.69, 9.17) is 9.47 Å². The molecule has 1 heterocycles. The summed E-state index contributed by atoms with van der Waals surface area (Å²) in [5.74, 6) is 0.303. The van der Waals surface area contributed by atoms with Crippen LogP contribution in [0.25, 0.3) is 0 Å². The van der Waals surface area contributed by atoms with Crippen molar-refractivity contribution in [3.05, 3.63) is 94.5 Å². The number of nitrogens with zero attached hydrogens (tertiary/aromatic N) is 1. The number of fused-ring (bicyclic) bond motifs is 1. The highest BCUT2D eigenvalue weighted by molar-refractivity contribution is 5.94. The molecule has 0 saturated carbocycles. The molecule has 3 aromatic rings. The molecular weight excluding hydrogens is 418 g/mol. The third-order valence-electron chi connectivity index (χ3n) is 6.20. The first kappa shape index (κ1) is 22.4. The molecule has 1 N–H and O–H groups in total. The van der Waals surface area contributed by atoms with Crippen LogP contribution in [0.5, 0.6) is 11.5 Å². The van der Waals surface area contributed by atoms with Gasteiger partial charge in [-0.15, -0.1) is 0 Å². The number of methoxy groups -OCH3 is 2. The standard InChI is InChI=1S/C27H27NO5/c1-32-21-10-6-18(7-11-21)25(16-26(29)30)24-5-3-4-20-17-28(15-14-23(20)24)27(31)19-8-12-22(33-2)13-9-19/h3-13,25H,14-17H2,1-2H3,(H,29,30). The van der Waals surface area contributed by atoms with Crippen LogP contribution in [-0.2, 0) is 17.8 Å². The van der Waals surface area contributed by atoms with Crippen LogP contribution in [0.1, 0.15) is 45.0 Å². The predicted octanol–water partition coefficient (Wildman–Crippen LogP) is 4.51. The first-order valence-electron chi connectivity index (χ1n) is 10.9. The van der Waals surface area contributed by atoms with Gasteiger partial charge >= 0.3 is 5.97 Å². The molecule has 0 bridgehead atoms. The summed E-state index contributed by atoms with van der Waals surface area (Å²) in [6, 6.07) is 20.7. The van der Waals surface area contributed by atoms with Crippen molar-refractivity contribution in [2.75, 3.05) is 20.8 Å². The zero-order valence-electron chi connectivity index (χ0n) is 18.8. The molecule has 1 atom stereocenters. The van der Waals surface area contributed by atoms with Crippen molar-refractivity contribution in [1.82, 2.24) is 4.90 Å². The normalized spacial score (nSPS) is 13.7. The maximum Gasteiger partial charge on any atom is 0.304 e. The molecule has 0 fully saturated rings. The van der Waals surface area contributed by atoms with Crippen LogP contribution < -0.4 is 9.47 Å². The largest absolute Gasteiger partial charge is 0.497 e. The Bertz CT molecular complexity index is 1140. The molecule has 0 aromatic heterocycles. The average Bonchev–Trinajstić information content (AvgIpc) is 2.86. The van der Waals surface area contributed by atoms with Crippen molar-refractivity contribution < 1.29 is 24.2 Å². The number of carbonyl (C=O) groups is 2. The highest BCUT2D eigenvalue weighted by Gasteiger charge is 2.27. The van der Waals surface area contributed by atoms with Gasteiger partial charge in [0, 0.05) is 24.6 Å². The summed E-state index contributed by atoms with van der Waals surface area (Å²) in [7, 11) is 3.20. The number of amides is 1. The van der Waals surface area contributed by atoms with E-state index in [1.807, 2.05) is 47.4 Å². The maximum absolute atomic E-state index is 13.1. The third-order valence-corrected chi connectivity index (χ3v) is 6.20. The van der Waals surface area contributed by atoms with Crippen molar-refractivity contribution in [2.24, 2.45) is 0 Å². The molecule has 6 heteroatoms. The second kappa shape index (κ2) is 9.77. The van der Waals surface area contributed by atoms with Gasteiger partial charge in [0.1, 0.15) is 11.5 Å². The molecule has 6 nitrogen and oxygen atoms in total. The number of hydrogen-bond acceptors (Lipinski definition) is 4. The van der Waals surface area contributed by atoms with Gasteiger partial charge in [0.25, 0.3) is 5.91 Å². The fourth-order valence-corrected chi connectivity index (χ4v) is 4.47. The maximum atomic E-state index is 13.1. The van der Waals surface area contributed by atoms with E-state index in [2.05, 4.69) is 0 Å². The monoisotopic (exact) mass is 445 g/mol. The van der Waals surface area contributed by atoms with Crippen molar-refractivity contribution in [3.63, 3.8) is 0 Å². The molecule has 170 valence electrons. The van der Waals surface area contributed by atoms with Crippen LogP contribution in [0.15, 0.2) is 66.7 Å². The summed E-state index contributed by atoms with van der Waals surface area (Å²) >= 11 is 0. The van der Waals surface area contributed by atoms with Crippen molar-refractivity contribution in [1.29, 1.82) is 0 Å². The minimum atomic E-state index is -0.847. The molecule has 1 amide bonds. The molecule has 0 aliphatic carbocycles. The summed E-state index contributed by atoms with van der Waals surface area (Å²) in [5, 5.41) is 9.60. The number of aliphatic carboxylic acids is 1. The molecule has 33 heavy (non-hydrogen) atoms. The van der Waals surface area contributed by atoms with Gasteiger partial charge in [-0.05, 0) is 65.1 Å². The van der Waals surface area contributed by atoms with Crippen LogP contribution >= 0.6 is 0 Å². The lowest BCUT2D eigenvalue weighted by atomic mass is 9.82. The Morgan fingerprint density at radius 1 is 0.939 bits per heavy atom. The van der Waals surface area contributed by atoms with Crippen molar-refractivity contribution in [3.8, 4) is 11.5 Å². The van der Waals surface area contributed by atoms with E-state index in [-0.39, 0.29) is 18.2 Å². The first-order valence-corrected chi connectivity index (χ1v) is 10.9. The zero-order chi connectivity index (χ0) is 23.4. The fourth-order valence-electron chi connectivity index (χ4n) is 4.47. The van der Waals surface area contributed by atoms with Gasteiger partial charge in [0.2, 0.25) is 0 Å². The second-order valence-electron chi connectivity index (χ2n) is 8.11. The Hall–Kier alpha value is -3.80. The molecule has 3 aromatic carbocycles. The fraction of sp³-hybridized carbons (Fsp3) is 0.259. The van der Waals surface area contributed by atoms with Crippen LogP contribution in [0.2, 0.25) is 0 Å². The average molecular weight is 446 g/mol. The van der Waals surface area contributed by atoms with E-state index < -0.39 is 5.97 Å². The number of hydrogen-bond donors (Lipinski definition) is 1. The van der Waals surface area contributed by atoms with Gasteiger partial charge in [-0.2, -0.15) is 0 Å². The highest BCUT2D eigenvalue weighted by Crippen LogP contribution is 2.35. The Kier molecular flexibility index (Phi) is 6.63. The van der Waals surface area contributed by atoms with Crippen molar-refractivity contribution in [2.45, 2.75) is 25.3 Å². The molecule has 0 radical (unpaired) electrons. The highest BCUT2D eigenvalue weighted by atomic mass is 16.5. The summed E-state index contributed by atoms with van der Waals surface area (Å²) in [6.07, 6.45) is 0.678. The number of carbonyl (C=O) groups excluding carboxylic acids is 1. The van der Waals surface area contributed by atoms with E-state index in [0.29, 0.717) is 30.8 Å². The van der Waals surface area contributed by atoms with Crippen LogP contribution in [-0.4, -0.2) is 42.6 Å². The third kappa shape index (κ3) is 4.85. The number of carboxylic acid groups (broad SMARTS) is 1. The number of rotatable bonds is 7. The van der Waals surface area contributed by atoms with Crippen LogP contribution in [0.4, 0.5) is 0 Å². The van der Waals surface area contributed by atoms with E-state index in [0.717, 1.165) is 28.0 Å². The minimum Gasteiger partial charge on any atom is -0.497 e. The van der Waals surface area contributed by atoms with Gasteiger partial charge in [-0.25, -0.2) is 0 Å². The predicted molar refractivity (Wildman–Crippen MR) is 125 cm³/mol. The first-order chi connectivity index (χ1) is 16.0. The second-order valence-corrected chi connectivity index (χ2v) is 8.11. The minimum absolute atomic E-state index is 0.00270. The van der Waals surface area contributed by atoms with Gasteiger partial charge in [0.05, 0.1) is 20.6 Å².